The molecular weight excluding hydrogens is 400 g/mol. The zero-order chi connectivity index (χ0) is 23.1. The van der Waals surface area contributed by atoms with Crippen molar-refractivity contribution >= 4 is 11.5 Å². The third-order valence-corrected chi connectivity index (χ3v) is 4.90. The summed E-state index contributed by atoms with van der Waals surface area (Å²) >= 11 is 0. The average molecular weight is 433 g/mol. The van der Waals surface area contributed by atoms with Crippen molar-refractivity contribution in [1.29, 1.82) is 0 Å². The lowest BCUT2D eigenvalue weighted by Crippen LogP contribution is -2.45. The molecule has 0 unspecified atom stereocenters. The van der Waals surface area contributed by atoms with Crippen molar-refractivity contribution in [3.8, 4) is 0 Å². The molecule has 1 aliphatic heterocycles. The van der Waals surface area contributed by atoms with Crippen LogP contribution in [-0.2, 0) is 14.2 Å². The Kier molecular flexibility index (Phi) is 8.50. The van der Waals surface area contributed by atoms with Crippen molar-refractivity contribution in [3.05, 3.63) is 63.5 Å². The number of methoxy groups -OCH3 is 2. The molecule has 0 saturated carbocycles. The predicted molar refractivity (Wildman–Crippen MR) is 120 cm³/mol. The Bertz CT molecular complexity index is 942. The number of ether oxygens (including phenoxy) is 3. The molecule has 8 heteroatoms. The van der Waals surface area contributed by atoms with Gasteiger partial charge in [-0.1, -0.05) is 20.4 Å². The van der Waals surface area contributed by atoms with Gasteiger partial charge in [0.05, 0.1) is 26.0 Å². The highest BCUT2D eigenvalue weighted by molar-refractivity contribution is 5.88. The predicted octanol–water partition coefficient (Wildman–Crippen LogP) is 3.02. The molecule has 170 valence electrons. The van der Waals surface area contributed by atoms with Crippen LogP contribution in [0.15, 0.2) is 46.8 Å². The molecule has 0 aromatic carbocycles. The normalized spacial score (nSPS) is 15.7. The van der Waals surface area contributed by atoms with Crippen LogP contribution in [0, 0.1) is 5.92 Å². The largest absolute Gasteiger partial charge is 0.498 e. The van der Waals surface area contributed by atoms with E-state index in [4.69, 9.17) is 14.2 Å². The van der Waals surface area contributed by atoms with E-state index in [0.29, 0.717) is 55.0 Å². The minimum Gasteiger partial charge on any atom is -0.498 e. The topological polar surface area (TPSA) is 90.2 Å². The van der Waals surface area contributed by atoms with E-state index in [1.54, 1.807) is 18.9 Å². The molecule has 31 heavy (non-hydrogen) atoms. The molecule has 0 fully saturated rings. The van der Waals surface area contributed by atoms with Gasteiger partial charge in [-0.05, 0) is 30.1 Å². The molecule has 2 rings (SSSR count). The van der Waals surface area contributed by atoms with E-state index in [2.05, 4.69) is 20.4 Å². The van der Waals surface area contributed by atoms with Gasteiger partial charge in [-0.25, -0.2) is 4.79 Å². The number of hydrogen-bond acceptors (Lipinski definition) is 6. The first-order valence-corrected chi connectivity index (χ1v) is 10.2. The number of allylic oxidation sites excluding steroid dienone is 2. The van der Waals surface area contributed by atoms with Crippen molar-refractivity contribution in [1.82, 2.24) is 4.68 Å². The van der Waals surface area contributed by atoms with E-state index in [1.807, 2.05) is 18.0 Å². The maximum Gasteiger partial charge on any atom is 0.341 e. The molecule has 2 heterocycles. The number of hydrogen-bond donors (Lipinski definition) is 1. The molecule has 1 aromatic rings. The van der Waals surface area contributed by atoms with Crippen molar-refractivity contribution in [2.24, 2.45) is 5.92 Å². The maximum absolute atomic E-state index is 12.4. The van der Waals surface area contributed by atoms with Crippen LogP contribution in [0.2, 0.25) is 0 Å². The van der Waals surface area contributed by atoms with E-state index >= 15 is 0 Å². The number of pyridine rings is 1. The van der Waals surface area contributed by atoms with E-state index in [1.165, 1.54) is 12.3 Å². The van der Waals surface area contributed by atoms with Crippen molar-refractivity contribution in [3.63, 3.8) is 0 Å². The summed E-state index contributed by atoms with van der Waals surface area (Å²) in [5.74, 6) is 0.269. The first-order valence-electron chi connectivity index (χ1n) is 10.2. The molecule has 1 N–H and O–H groups in total. The summed E-state index contributed by atoms with van der Waals surface area (Å²) < 4.78 is 18.1. The molecule has 0 atom stereocenters. The van der Waals surface area contributed by atoms with Crippen LogP contribution >= 0.6 is 0 Å². The van der Waals surface area contributed by atoms with Gasteiger partial charge in [0, 0.05) is 38.9 Å². The maximum atomic E-state index is 12.4. The van der Waals surface area contributed by atoms with Gasteiger partial charge in [0.2, 0.25) is 0 Å². The molecule has 0 bridgehead atoms. The highest BCUT2D eigenvalue weighted by atomic mass is 16.5. The molecule has 8 nitrogen and oxygen atoms in total. The molecule has 0 spiro atoms. The van der Waals surface area contributed by atoms with Crippen LogP contribution < -0.4 is 10.4 Å². The molecule has 0 aliphatic carbocycles. The van der Waals surface area contributed by atoms with Crippen molar-refractivity contribution in [2.75, 3.05) is 45.5 Å². The fourth-order valence-corrected chi connectivity index (χ4v) is 3.27. The summed E-state index contributed by atoms with van der Waals surface area (Å²) in [5.41, 5.74) is 1.24. The number of aromatic nitrogens is 1. The van der Waals surface area contributed by atoms with E-state index in [9.17, 15) is 14.7 Å². The summed E-state index contributed by atoms with van der Waals surface area (Å²) in [4.78, 5) is 23.8. The molecule has 0 amide bonds. The molecule has 0 saturated heterocycles. The van der Waals surface area contributed by atoms with Crippen LogP contribution in [0.3, 0.4) is 0 Å². The number of rotatable bonds is 10. The van der Waals surface area contributed by atoms with Crippen molar-refractivity contribution < 1.29 is 24.1 Å². The van der Waals surface area contributed by atoms with Crippen LogP contribution in [0.1, 0.15) is 43.2 Å². The third kappa shape index (κ3) is 6.01. The van der Waals surface area contributed by atoms with Crippen LogP contribution in [-0.4, -0.2) is 56.3 Å². The van der Waals surface area contributed by atoms with Gasteiger partial charge in [0.25, 0.3) is 0 Å². The number of carbonyl (C=O) groups is 1. The number of carboxylic acids is 1. The van der Waals surface area contributed by atoms with E-state index in [0.717, 1.165) is 12.0 Å². The first-order chi connectivity index (χ1) is 14.7. The van der Waals surface area contributed by atoms with Gasteiger partial charge < -0.3 is 24.3 Å². The summed E-state index contributed by atoms with van der Waals surface area (Å²) in [7, 11) is 3.22. The second kappa shape index (κ2) is 10.9. The lowest BCUT2D eigenvalue weighted by atomic mass is 9.99. The van der Waals surface area contributed by atoms with Crippen molar-refractivity contribution in [2.45, 2.75) is 27.2 Å². The molecule has 0 radical (unpaired) electrons. The number of fused-ring (bicyclic) bond motifs is 1. The summed E-state index contributed by atoms with van der Waals surface area (Å²) in [6.45, 7) is 12.3. The standard InChI is InChI=1S/C23H32N2O6/c1-15(2)12-24-13-18(10-22(17(4)30-6)31-9-7-8-29-5)16(3)20-11-21(26)19(23(27)28)14-25(20)24/h10-11,14-15H,3,7-9,12-13H2,1-2,4-6H3,(H,27,28)/b18-10-,22-17-. The Morgan fingerprint density at radius 1 is 1.32 bits per heavy atom. The number of carboxylic acid groups (broad SMARTS) is 1. The highest BCUT2D eigenvalue weighted by Gasteiger charge is 2.26. The zero-order valence-corrected chi connectivity index (χ0v) is 18.9. The second-order valence-corrected chi connectivity index (χ2v) is 7.79. The zero-order valence-electron chi connectivity index (χ0n) is 18.9. The van der Waals surface area contributed by atoms with Crippen LogP contribution in [0.5, 0.6) is 0 Å². The minimum absolute atomic E-state index is 0.268. The quantitative estimate of drug-likeness (QED) is 0.449. The smallest absolute Gasteiger partial charge is 0.341 e. The summed E-state index contributed by atoms with van der Waals surface area (Å²) in [6.07, 6.45) is 3.99. The third-order valence-electron chi connectivity index (χ3n) is 4.90. The number of aromatic carboxylic acids is 1. The lowest BCUT2D eigenvalue weighted by Gasteiger charge is -2.37. The SMILES string of the molecule is C=C1/C(=C\C(OCCCOC)=C(/C)OC)CN(CC(C)C)n2cc(C(=O)O)c(=O)cc21. The van der Waals surface area contributed by atoms with Gasteiger partial charge in [0.1, 0.15) is 11.3 Å². The molecular formula is C23H32N2O6. The Labute approximate surface area is 183 Å². The van der Waals surface area contributed by atoms with Gasteiger partial charge in [-0.2, -0.15) is 0 Å². The van der Waals surface area contributed by atoms with Crippen LogP contribution in [0.25, 0.3) is 5.57 Å². The Balaban J connectivity index is 2.50. The van der Waals surface area contributed by atoms with Gasteiger partial charge in [0.15, 0.2) is 11.2 Å². The first kappa shape index (κ1) is 24.3. The van der Waals surface area contributed by atoms with Gasteiger partial charge >= 0.3 is 5.97 Å². The van der Waals surface area contributed by atoms with Crippen LogP contribution in [0.4, 0.5) is 0 Å². The summed E-state index contributed by atoms with van der Waals surface area (Å²) in [6, 6.07) is 1.33. The lowest BCUT2D eigenvalue weighted by molar-refractivity contribution is 0.0694. The number of nitrogens with zero attached hydrogens (tertiary/aromatic N) is 2. The second-order valence-electron chi connectivity index (χ2n) is 7.79. The molecule has 1 aromatic heterocycles. The Morgan fingerprint density at radius 2 is 2.03 bits per heavy atom. The minimum atomic E-state index is -1.25. The fraction of sp³-hybridized carbons (Fsp3) is 0.478. The van der Waals surface area contributed by atoms with E-state index in [-0.39, 0.29) is 5.56 Å². The Morgan fingerprint density at radius 3 is 2.61 bits per heavy atom. The monoisotopic (exact) mass is 432 g/mol. The Hall–Kier alpha value is -3.00. The van der Waals surface area contributed by atoms with Gasteiger partial charge in [-0.15, -0.1) is 0 Å². The fourth-order valence-electron chi connectivity index (χ4n) is 3.27. The van der Waals surface area contributed by atoms with Gasteiger partial charge in [-0.3, -0.25) is 9.47 Å². The average Bonchev–Trinajstić information content (AvgIpc) is 2.71. The molecule has 1 aliphatic rings. The van der Waals surface area contributed by atoms with E-state index < -0.39 is 11.4 Å². The summed E-state index contributed by atoms with van der Waals surface area (Å²) in [5, 5.41) is 11.4. The highest BCUT2D eigenvalue weighted by Crippen LogP contribution is 2.29.